The van der Waals surface area contributed by atoms with E-state index < -0.39 is 0 Å². The van der Waals surface area contributed by atoms with Crippen LogP contribution in [0, 0.1) is 0 Å². The highest BCUT2D eigenvalue weighted by Crippen LogP contribution is 2.44. The second-order valence-corrected chi connectivity index (χ2v) is 7.71. The predicted octanol–water partition coefficient (Wildman–Crippen LogP) is 5.47. The molecule has 2 aromatic heterocycles. The van der Waals surface area contributed by atoms with Gasteiger partial charge in [0, 0.05) is 12.6 Å². The normalized spacial score (nSPS) is 11.0. The minimum absolute atomic E-state index is 0.532. The Hall–Kier alpha value is -1.01. The van der Waals surface area contributed by atoms with Gasteiger partial charge < -0.3 is 5.73 Å². The van der Waals surface area contributed by atoms with E-state index in [2.05, 4.69) is 21.0 Å². The first kappa shape index (κ1) is 14.9. The predicted molar refractivity (Wildman–Crippen MR) is 94.1 cm³/mol. The van der Waals surface area contributed by atoms with Crippen molar-refractivity contribution in [3.8, 4) is 21.7 Å². The molecule has 21 heavy (non-hydrogen) atoms. The summed E-state index contributed by atoms with van der Waals surface area (Å²) in [5.41, 5.74) is 8.45. The van der Waals surface area contributed by atoms with Gasteiger partial charge in [-0.2, -0.15) is 5.10 Å². The van der Waals surface area contributed by atoms with Crippen molar-refractivity contribution in [2.45, 2.75) is 0 Å². The van der Waals surface area contributed by atoms with E-state index in [1.807, 2.05) is 18.2 Å². The van der Waals surface area contributed by atoms with Gasteiger partial charge in [0.1, 0.15) is 11.5 Å². The van der Waals surface area contributed by atoms with Crippen molar-refractivity contribution in [1.82, 2.24) is 9.78 Å². The van der Waals surface area contributed by atoms with Gasteiger partial charge in [0.15, 0.2) is 0 Å². The molecule has 0 amide bonds. The Morgan fingerprint density at radius 3 is 2.38 bits per heavy atom. The molecule has 0 aliphatic carbocycles. The number of hydrogen-bond donors (Lipinski definition) is 1. The largest absolute Gasteiger partial charge is 0.383 e. The Morgan fingerprint density at radius 1 is 1.14 bits per heavy atom. The Kier molecular flexibility index (Phi) is 4.01. The zero-order valence-electron chi connectivity index (χ0n) is 10.9. The molecule has 1 aromatic carbocycles. The van der Waals surface area contributed by atoms with Crippen LogP contribution in [0.1, 0.15) is 0 Å². The summed E-state index contributed by atoms with van der Waals surface area (Å²) in [4.78, 5) is 1.00. The van der Waals surface area contributed by atoms with Crippen molar-refractivity contribution in [3.05, 3.63) is 44.2 Å². The van der Waals surface area contributed by atoms with Gasteiger partial charge in [-0.25, -0.2) is 0 Å². The Balaban J connectivity index is 2.32. The van der Waals surface area contributed by atoms with Crippen molar-refractivity contribution in [1.29, 1.82) is 0 Å². The van der Waals surface area contributed by atoms with Crippen LogP contribution in [-0.2, 0) is 7.05 Å². The second kappa shape index (κ2) is 5.65. The van der Waals surface area contributed by atoms with Crippen LogP contribution in [0.5, 0.6) is 0 Å². The van der Waals surface area contributed by atoms with Gasteiger partial charge in [-0.1, -0.05) is 29.3 Å². The molecule has 0 atom stereocenters. The standard InChI is InChI=1S/C14H10BrCl2N3S/c1-20-14(18)12(11-7(16)3-2-4-8(11)17)13(19-20)9-5-6-10(15)21-9/h2-6H,18H2,1H3. The minimum atomic E-state index is 0.532. The summed E-state index contributed by atoms with van der Waals surface area (Å²) in [6, 6.07) is 9.36. The lowest BCUT2D eigenvalue weighted by molar-refractivity contribution is 0.783. The van der Waals surface area contributed by atoms with E-state index in [9.17, 15) is 0 Å². The molecule has 7 heteroatoms. The third-order valence-electron chi connectivity index (χ3n) is 3.11. The first-order valence-corrected chi connectivity index (χ1v) is 8.38. The molecule has 3 nitrogen and oxygen atoms in total. The molecule has 3 rings (SSSR count). The Labute approximate surface area is 144 Å². The van der Waals surface area contributed by atoms with Crippen molar-refractivity contribution in [2.24, 2.45) is 7.05 Å². The average Bonchev–Trinajstić information content (AvgIpc) is 2.97. The fraction of sp³-hybridized carbons (Fsp3) is 0.0714. The van der Waals surface area contributed by atoms with Crippen LogP contribution in [0.15, 0.2) is 34.1 Å². The lowest BCUT2D eigenvalue weighted by Gasteiger charge is -2.08. The van der Waals surface area contributed by atoms with Gasteiger partial charge in [-0.05, 0) is 40.2 Å². The molecule has 0 saturated carbocycles. The number of aryl methyl sites for hydroxylation is 1. The van der Waals surface area contributed by atoms with Crippen molar-refractivity contribution < 1.29 is 0 Å². The number of halogens is 3. The van der Waals surface area contributed by atoms with E-state index in [1.165, 1.54) is 0 Å². The SMILES string of the molecule is Cn1nc(-c2ccc(Br)s2)c(-c2c(Cl)cccc2Cl)c1N. The summed E-state index contributed by atoms with van der Waals surface area (Å²) in [6.07, 6.45) is 0. The quantitative estimate of drug-likeness (QED) is 0.617. The highest BCUT2D eigenvalue weighted by molar-refractivity contribution is 9.11. The molecule has 0 aliphatic rings. The summed E-state index contributed by atoms with van der Waals surface area (Å²) in [5, 5.41) is 5.63. The number of nitrogens with two attached hydrogens (primary N) is 1. The van der Waals surface area contributed by atoms with Gasteiger partial charge >= 0.3 is 0 Å². The zero-order valence-corrected chi connectivity index (χ0v) is 14.8. The summed E-state index contributed by atoms with van der Waals surface area (Å²) in [7, 11) is 1.80. The fourth-order valence-corrected chi connectivity index (χ4v) is 4.10. The molecule has 2 N–H and O–H groups in total. The number of anilines is 1. The number of rotatable bonds is 2. The van der Waals surface area contributed by atoms with Crippen LogP contribution < -0.4 is 5.73 Å². The lowest BCUT2D eigenvalue weighted by Crippen LogP contribution is -1.98. The van der Waals surface area contributed by atoms with Crippen LogP contribution in [0.4, 0.5) is 5.82 Å². The maximum atomic E-state index is 6.33. The molecule has 0 radical (unpaired) electrons. The Morgan fingerprint density at radius 2 is 1.81 bits per heavy atom. The second-order valence-electron chi connectivity index (χ2n) is 4.43. The van der Waals surface area contributed by atoms with Crippen molar-refractivity contribution in [2.75, 3.05) is 5.73 Å². The summed E-state index contributed by atoms with van der Waals surface area (Å²) >= 11 is 17.7. The van der Waals surface area contributed by atoms with Gasteiger partial charge in [-0.3, -0.25) is 4.68 Å². The van der Waals surface area contributed by atoms with Crippen molar-refractivity contribution >= 4 is 56.3 Å². The summed E-state index contributed by atoms with van der Waals surface area (Å²) in [5.74, 6) is 0.532. The maximum Gasteiger partial charge on any atom is 0.130 e. The monoisotopic (exact) mass is 401 g/mol. The molecule has 0 bridgehead atoms. The molecule has 0 aliphatic heterocycles. The highest BCUT2D eigenvalue weighted by Gasteiger charge is 2.22. The van der Waals surface area contributed by atoms with Crippen LogP contribution in [0.3, 0.4) is 0 Å². The van der Waals surface area contributed by atoms with Gasteiger partial charge in [0.25, 0.3) is 0 Å². The van der Waals surface area contributed by atoms with E-state index in [0.29, 0.717) is 21.4 Å². The van der Waals surface area contributed by atoms with Crippen LogP contribution in [0.2, 0.25) is 10.0 Å². The van der Waals surface area contributed by atoms with Gasteiger partial charge in [0.2, 0.25) is 0 Å². The number of nitrogen functional groups attached to an aromatic ring is 1. The van der Waals surface area contributed by atoms with Gasteiger partial charge in [-0.15, -0.1) is 11.3 Å². The highest BCUT2D eigenvalue weighted by atomic mass is 79.9. The molecule has 108 valence electrons. The molecular weight excluding hydrogens is 393 g/mol. The molecule has 3 aromatic rings. The van der Waals surface area contributed by atoms with Crippen LogP contribution >= 0.6 is 50.5 Å². The van der Waals surface area contributed by atoms with Crippen molar-refractivity contribution in [3.63, 3.8) is 0 Å². The molecule has 0 saturated heterocycles. The number of aromatic nitrogens is 2. The van der Waals surface area contributed by atoms with Crippen LogP contribution in [-0.4, -0.2) is 9.78 Å². The van der Waals surface area contributed by atoms with E-state index in [4.69, 9.17) is 28.9 Å². The van der Waals surface area contributed by atoms with E-state index in [0.717, 1.165) is 19.9 Å². The smallest absolute Gasteiger partial charge is 0.130 e. The minimum Gasteiger partial charge on any atom is -0.383 e. The van der Waals surface area contributed by atoms with Crippen LogP contribution in [0.25, 0.3) is 21.7 Å². The molecule has 0 fully saturated rings. The third kappa shape index (κ3) is 2.59. The van der Waals surface area contributed by atoms with Gasteiger partial charge in [0.05, 0.1) is 24.3 Å². The summed E-state index contributed by atoms with van der Waals surface area (Å²) in [6.45, 7) is 0. The Bertz CT molecular complexity index is 805. The third-order valence-corrected chi connectivity index (χ3v) is 5.37. The zero-order chi connectivity index (χ0) is 15.1. The molecule has 0 spiro atoms. The fourth-order valence-electron chi connectivity index (χ4n) is 2.13. The average molecular weight is 403 g/mol. The lowest BCUT2D eigenvalue weighted by atomic mass is 10.0. The van der Waals surface area contributed by atoms with E-state index in [-0.39, 0.29) is 0 Å². The topological polar surface area (TPSA) is 43.8 Å². The maximum absolute atomic E-state index is 6.33. The van der Waals surface area contributed by atoms with E-state index in [1.54, 1.807) is 35.2 Å². The molecule has 2 heterocycles. The molecular formula is C14H10BrCl2N3S. The number of thiophene rings is 1. The number of hydrogen-bond acceptors (Lipinski definition) is 3. The van der Waals surface area contributed by atoms with E-state index >= 15 is 0 Å². The summed E-state index contributed by atoms with van der Waals surface area (Å²) < 4.78 is 2.66. The first-order valence-electron chi connectivity index (χ1n) is 6.01. The molecule has 0 unspecified atom stereocenters. The first-order chi connectivity index (χ1) is 9.99. The number of nitrogens with zero attached hydrogens (tertiary/aromatic N) is 2. The number of benzene rings is 1.